The number of nitrogens with one attached hydrogen (secondary N) is 1. The standard InChI is InChI=1S/C21H30N2O2.ClH/c1-25-19-5-6-20-15(11-19)3-2-4-16(20)12-21(24)23-9-7-17-13-22-14-18(17)8-10-23;/h5-6,11,16-18,22H,2-4,7-10,12-14H2,1H3;1H/t16?,17-,18+;. The number of hydrogen-bond donors (Lipinski definition) is 1. The third kappa shape index (κ3) is 4.01. The number of benzene rings is 1. The van der Waals surface area contributed by atoms with Crippen molar-refractivity contribution in [3.05, 3.63) is 29.3 Å². The fraction of sp³-hybridized carbons (Fsp3) is 0.667. The van der Waals surface area contributed by atoms with E-state index in [1.54, 1.807) is 7.11 Å². The molecule has 1 unspecified atom stereocenters. The number of halogens is 1. The molecule has 3 aliphatic rings. The molecule has 0 radical (unpaired) electrons. The van der Waals surface area contributed by atoms with Crippen LogP contribution in [0.1, 0.15) is 49.1 Å². The van der Waals surface area contributed by atoms with E-state index in [0.29, 0.717) is 18.2 Å². The molecule has 1 amide bonds. The van der Waals surface area contributed by atoms with Crippen molar-refractivity contribution in [3.8, 4) is 5.75 Å². The number of aryl methyl sites for hydroxylation is 1. The summed E-state index contributed by atoms with van der Waals surface area (Å²) in [6, 6.07) is 6.39. The number of amides is 1. The molecule has 5 heteroatoms. The van der Waals surface area contributed by atoms with E-state index in [4.69, 9.17) is 4.74 Å². The summed E-state index contributed by atoms with van der Waals surface area (Å²) in [5.41, 5.74) is 2.75. The lowest BCUT2D eigenvalue weighted by molar-refractivity contribution is -0.131. The van der Waals surface area contributed by atoms with Crippen molar-refractivity contribution in [2.75, 3.05) is 33.3 Å². The monoisotopic (exact) mass is 378 g/mol. The van der Waals surface area contributed by atoms with Gasteiger partial charge in [0.1, 0.15) is 5.75 Å². The average Bonchev–Trinajstić information content (AvgIpc) is 2.99. The molecule has 4 nitrogen and oxygen atoms in total. The van der Waals surface area contributed by atoms with Crippen LogP contribution in [0.15, 0.2) is 18.2 Å². The van der Waals surface area contributed by atoms with Gasteiger partial charge in [0, 0.05) is 19.5 Å². The zero-order valence-electron chi connectivity index (χ0n) is 15.7. The highest BCUT2D eigenvalue weighted by Gasteiger charge is 2.32. The van der Waals surface area contributed by atoms with Gasteiger partial charge in [-0.25, -0.2) is 0 Å². The highest BCUT2D eigenvalue weighted by atomic mass is 35.5. The second kappa shape index (κ2) is 8.62. The van der Waals surface area contributed by atoms with E-state index in [2.05, 4.69) is 22.3 Å². The quantitative estimate of drug-likeness (QED) is 0.876. The molecule has 3 atom stereocenters. The number of carbonyl (C=O) groups excluding carboxylic acids is 1. The summed E-state index contributed by atoms with van der Waals surface area (Å²) in [6.45, 7) is 4.18. The third-order valence-electron chi connectivity index (χ3n) is 6.58. The Bertz CT molecular complexity index is 622. The first kappa shape index (κ1) is 19.5. The second-order valence-corrected chi connectivity index (χ2v) is 7.99. The minimum Gasteiger partial charge on any atom is -0.497 e. The molecule has 1 aliphatic carbocycles. The van der Waals surface area contributed by atoms with Crippen molar-refractivity contribution in [1.29, 1.82) is 0 Å². The van der Waals surface area contributed by atoms with Crippen molar-refractivity contribution in [1.82, 2.24) is 10.2 Å². The van der Waals surface area contributed by atoms with Crippen LogP contribution < -0.4 is 10.1 Å². The predicted octanol–water partition coefficient (Wildman–Crippen LogP) is 3.39. The minimum absolute atomic E-state index is 0. The maximum atomic E-state index is 13.0. The van der Waals surface area contributed by atoms with Crippen LogP contribution in [0.5, 0.6) is 5.75 Å². The van der Waals surface area contributed by atoms with Gasteiger partial charge in [0.15, 0.2) is 0 Å². The Kier molecular flexibility index (Phi) is 6.46. The molecule has 0 aromatic heterocycles. The van der Waals surface area contributed by atoms with Gasteiger partial charge in [-0.05, 0) is 86.2 Å². The third-order valence-corrected chi connectivity index (χ3v) is 6.58. The van der Waals surface area contributed by atoms with Gasteiger partial charge in [0.2, 0.25) is 5.91 Å². The van der Waals surface area contributed by atoms with Gasteiger partial charge in [-0.15, -0.1) is 12.4 Å². The molecule has 2 fully saturated rings. The van der Waals surface area contributed by atoms with Crippen LogP contribution in [-0.2, 0) is 11.2 Å². The molecule has 4 rings (SSSR count). The Morgan fingerprint density at radius 3 is 2.62 bits per heavy atom. The number of ether oxygens (including phenoxy) is 1. The summed E-state index contributed by atoms with van der Waals surface area (Å²) in [7, 11) is 1.72. The highest BCUT2D eigenvalue weighted by molar-refractivity contribution is 5.85. The lowest BCUT2D eigenvalue weighted by Gasteiger charge is -2.28. The van der Waals surface area contributed by atoms with Crippen LogP contribution >= 0.6 is 12.4 Å². The minimum atomic E-state index is 0. The van der Waals surface area contributed by atoms with Crippen molar-refractivity contribution < 1.29 is 9.53 Å². The number of methoxy groups -OCH3 is 1. The van der Waals surface area contributed by atoms with Gasteiger partial charge >= 0.3 is 0 Å². The fourth-order valence-electron chi connectivity index (χ4n) is 5.04. The van der Waals surface area contributed by atoms with Crippen LogP contribution in [0.4, 0.5) is 0 Å². The summed E-state index contributed by atoms with van der Waals surface area (Å²) in [5.74, 6) is 3.23. The molecule has 144 valence electrons. The van der Waals surface area contributed by atoms with E-state index in [1.165, 1.54) is 30.4 Å². The Hall–Kier alpha value is -1.26. The Labute approximate surface area is 163 Å². The summed E-state index contributed by atoms with van der Waals surface area (Å²) < 4.78 is 5.36. The highest BCUT2D eigenvalue weighted by Crippen LogP contribution is 2.36. The SMILES string of the molecule is COc1ccc2c(c1)CCCC2CC(=O)N1CC[C@@H]2CNC[C@@H]2CC1.Cl. The Morgan fingerprint density at radius 2 is 1.92 bits per heavy atom. The van der Waals surface area contributed by atoms with E-state index < -0.39 is 0 Å². The second-order valence-electron chi connectivity index (χ2n) is 7.99. The van der Waals surface area contributed by atoms with Gasteiger partial charge < -0.3 is 15.0 Å². The van der Waals surface area contributed by atoms with E-state index in [9.17, 15) is 4.79 Å². The van der Waals surface area contributed by atoms with Gasteiger partial charge in [-0.3, -0.25) is 4.79 Å². The summed E-state index contributed by atoms with van der Waals surface area (Å²) >= 11 is 0. The number of likely N-dealkylation sites (tertiary alicyclic amines) is 1. The zero-order chi connectivity index (χ0) is 17.2. The molecular formula is C21H31ClN2O2. The number of carbonyl (C=O) groups is 1. The Balaban J connectivity index is 0.00000196. The van der Waals surface area contributed by atoms with Crippen molar-refractivity contribution in [3.63, 3.8) is 0 Å². The smallest absolute Gasteiger partial charge is 0.223 e. The van der Waals surface area contributed by atoms with Gasteiger partial charge in [-0.1, -0.05) is 6.07 Å². The first-order valence-corrected chi connectivity index (χ1v) is 9.90. The van der Waals surface area contributed by atoms with E-state index in [1.807, 2.05) is 6.07 Å². The van der Waals surface area contributed by atoms with Gasteiger partial charge in [-0.2, -0.15) is 0 Å². The van der Waals surface area contributed by atoms with E-state index in [-0.39, 0.29) is 12.4 Å². The normalized spacial score (nSPS) is 27.7. The van der Waals surface area contributed by atoms with Gasteiger partial charge in [0.05, 0.1) is 7.11 Å². The molecule has 0 spiro atoms. The molecule has 0 bridgehead atoms. The van der Waals surface area contributed by atoms with E-state index in [0.717, 1.165) is 56.6 Å². The maximum Gasteiger partial charge on any atom is 0.223 e. The Morgan fingerprint density at radius 1 is 1.19 bits per heavy atom. The molecule has 1 aromatic carbocycles. The van der Waals surface area contributed by atoms with Crippen LogP contribution in [0.2, 0.25) is 0 Å². The zero-order valence-corrected chi connectivity index (χ0v) is 16.5. The molecule has 1 N–H and O–H groups in total. The summed E-state index contributed by atoms with van der Waals surface area (Å²) in [4.78, 5) is 15.1. The predicted molar refractivity (Wildman–Crippen MR) is 106 cm³/mol. The number of fused-ring (bicyclic) bond motifs is 2. The van der Waals surface area contributed by atoms with Gasteiger partial charge in [0.25, 0.3) is 0 Å². The summed E-state index contributed by atoms with van der Waals surface area (Å²) in [5, 5.41) is 3.51. The largest absolute Gasteiger partial charge is 0.497 e. The van der Waals surface area contributed by atoms with Crippen molar-refractivity contribution >= 4 is 18.3 Å². The van der Waals surface area contributed by atoms with Crippen LogP contribution in [0.3, 0.4) is 0 Å². The first-order valence-electron chi connectivity index (χ1n) is 9.90. The van der Waals surface area contributed by atoms with Crippen LogP contribution in [0, 0.1) is 11.8 Å². The molecule has 2 aliphatic heterocycles. The number of nitrogens with zero attached hydrogens (tertiary/aromatic N) is 1. The first-order chi connectivity index (χ1) is 12.2. The molecule has 2 saturated heterocycles. The number of rotatable bonds is 3. The fourth-order valence-corrected chi connectivity index (χ4v) is 5.04. The molecular weight excluding hydrogens is 348 g/mol. The maximum absolute atomic E-state index is 13.0. The van der Waals surface area contributed by atoms with Crippen molar-refractivity contribution in [2.45, 2.75) is 44.4 Å². The lowest BCUT2D eigenvalue weighted by atomic mass is 9.80. The molecule has 2 heterocycles. The van der Waals surface area contributed by atoms with Crippen LogP contribution in [-0.4, -0.2) is 44.1 Å². The topological polar surface area (TPSA) is 41.6 Å². The number of hydrogen-bond acceptors (Lipinski definition) is 3. The van der Waals surface area contributed by atoms with Crippen molar-refractivity contribution in [2.24, 2.45) is 11.8 Å². The molecule has 26 heavy (non-hydrogen) atoms. The lowest BCUT2D eigenvalue weighted by Crippen LogP contribution is -2.34. The molecule has 1 aromatic rings. The van der Waals surface area contributed by atoms with Crippen LogP contribution in [0.25, 0.3) is 0 Å². The molecule has 0 saturated carbocycles. The average molecular weight is 379 g/mol. The summed E-state index contributed by atoms with van der Waals surface area (Å²) in [6.07, 6.45) is 6.43. The van der Waals surface area contributed by atoms with E-state index >= 15 is 0 Å².